The molecule has 224 valence electrons. The van der Waals surface area contributed by atoms with E-state index in [1.807, 2.05) is 26.0 Å². The summed E-state index contributed by atoms with van der Waals surface area (Å²) in [6.07, 6.45) is 7.72. The summed E-state index contributed by atoms with van der Waals surface area (Å²) in [4.78, 5) is 4.68. The van der Waals surface area contributed by atoms with E-state index in [2.05, 4.69) is 61.4 Å². The van der Waals surface area contributed by atoms with Crippen molar-refractivity contribution in [2.45, 2.75) is 117 Å². The van der Waals surface area contributed by atoms with E-state index >= 15 is 0 Å². The third-order valence-corrected chi connectivity index (χ3v) is 9.08. The monoisotopic (exact) mass is 593 g/mol. The van der Waals surface area contributed by atoms with Crippen LogP contribution in [0.2, 0.25) is 5.02 Å². The van der Waals surface area contributed by atoms with Crippen LogP contribution in [0.4, 0.5) is 0 Å². The molecule has 0 aliphatic heterocycles. The highest BCUT2D eigenvalue weighted by molar-refractivity contribution is 7.89. The Hall–Kier alpha value is -2.10. The van der Waals surface area contributed by atoms with Crippen molar-refractivity contribution in [1.82, 2.24) is 24.5 Å². The van der Waals surface area contributed by atoms with Crippen LogP contribution < -0.4 is 9.46 Å². The molecule has 1 atom stereocenters. The molecule has 3 rings (SSSR count). The van der Waals surface area contributed by atoms with Crippen molar-refractivity contribution in [3.05, 3.63) is 40.3 Å². The zero-order chi connectivity index (χ0) is 29.7. The summed E-state index contributed by atoms with van der Waals surface area (Å²) in [7, 11) is -3.88. The molecule has 0 spiro atoms. The van der Waals surface area contributed by atoms with Crippen molar-refractivity contribution in [3.8, 4) is 5.75 Å². The maximum atomic E-state index is 13.7. The number of aromatic amines is 1. The molecule has 1 unspecified atom stereocenters. The van der Waals surface area contributed by atoms with Gasteiger partial charge in [0.2, 0.25) is 10.0 Å². The smallest absolute Gasteiger partial charge is 0.244 e. The van der Waals surface area contributed by atoms with Crippen LogP contribution in [-0.2, 0) is 15.4 Å². The molecule has 0 radical (unpaired) electrons. The lowest BCUT2D eigenvalue weighted by Gasteiger charge is -2.33. The first-order valence-electron chi connectivity index (χ1n) is 14.5. The normalized spacial score (nSPS) is 13.7. The van der Waals surface area contributed by atoms with E-state index < -0.39 is 10.0 Å². The number of rotatable bonds is 15. The highest BCUT2D eigenvalue weighted by atomic mass is 35.5. The van der Waals surface area contributed by atoms with E-state index in [-0.39, 0.29) is 28.2 Å². The topological polar surface area (TPSA) is 101 Å². The number of aromatic nitrogens is 4. The lowest BCUT2D eigenvalue weighted by atomic mass is 9.72. The molecule has 0 amide bonds. The third-order valence-electron chi connectivity index (χ3n) is 7.19. The minimum atomic E-state index is -3.88. The predicted molar refractivity (Wildman–Crippen MR) is 163 cm³/mol. The maximum absolute atomic E-state index is 13.7. The van der Waals surface area contributed by atoms with Crippen molar-refractivity contribution in [2.24, 2.45) is 5.41 Å². The fourth-order valence-corrected chi connectivity index (χ4v) is 6.75. The minimum absolute atomic E-state index is 0.0898. The van der Waals surface area contributed by atoms with Gasteiger partial charge in [0.15, 0.2) is 11.5 Å². The van der Waals surface area contributed by atoms with Gasteiger partial charge in [-0.1, -0.05) is 98.2 Å². The van der Waals surface area contributed by atoms with Crippen LogP contribution in [0.5, 0.6) is 5.75 Å². The van der Waals surface area contributed by atoms with Gasteiger partial charge in [0.25, 0.3) is 0 Å². The molecular weight excluding hydrogens is 546 g/mol. The summed E-state index contributed by atoms with van der Waals surface area (Å²) in [6.45, 7) is 17.5. The van der Waals surface area contributed by atoms with Gasteiger partial charge in [-0.15, -0.1) is 5.10 Å². The van der Waals surface area contributed by atoms with Crippen LogP contribution in [0.1, 0.15) is 116 Å². The van der Waals surface area contributed by atoms with Gasteiger partial charge in [-0.05, 0) is 48.3 Å². The zero-order valence-electron chi connectivity index (χ0n) is 25.5. The van der Waals surface area contributed by atoms with Crippen LogP contribution in [0.15, 0.2) is 23.1 Å². The number of fused-ring (bicyclic) bond motifs is 1. The van der Waals surface area contributed by atoms with Crippen molar-refractivity contribution in [1.29, 1.82) is 0 Å². The van der Waals surface area contributed by atoms with E-state index in [4.69, 9.17) is 16.3 Å². The highest BCUT2D eigenvalue weighted by Crippen LogP contribution is 2.38. The molecule has 10 heteroatoms. The third kappa shape index (κ3) is 8.46. The van der Waals surface area contributed by atoms with Crippen molar-refractivity contribution < 1.29 is 13.2 Å². The number of hydrogen-bond donors (Lipinski definition) is 2. The Morgan fingerprint density at radius 3 is 2.42 bits per heavy atom. The standard InChI is InChI=1S/C30H48ClN5O3S/c1-9-10-11-12-13-14-17-39-24-16-15-23(30(7,8)20-29(4,5)6)18-25(24)40(37,38)32-19-21(2)27-33-28-26(31)22(3)34-36(28)35-27/h15-16,18,21,32,34H,9-14,17,19-20H2,1-8H3. The average molecular weight is 594 g/mol. The van der Waals surface area contributed by atoms with Gasteiger partial charge in [0, 0.05) is 12.5 Å². The quantitative estimate of drug-likeness (QED) is 0.177. The Balaban J connectivity index is 1.80. The molecule has 0 aliphatic carbocycles. The minimum Gasteiger partial charge on any atom is -0.492 e. The number of nitrogens with zero attached hydrogens (tertiary/aromatic N) is 3. The summed E-state index contributed by atoms with van der Waals surface area (Å²) in [5.41, 5.74) is 2.15. The SMILES string of the molecule is CCCCCCCCOc1ccc(C(C)(C)CC(C)(C)C)cc1S(=O)(=O)NCC(C)c1nc2c(Cl)c(C)[nH]n2n1. The molecule has 8 nitrogen and oxygen atoms in total. The first-order chi connectivity index (χ1) is 18.6. The number of halogens is 1. The summed E-state index contributed by atoms with van der Waals surface area (Å²) in [5.74, 6) is 0.627. The van der Waals surface area contributed by atoms with Gasteiger partial charge in [-0.25, -0.2) is 18.1 Å². The molecule has 0 fully saturated rings. The lowest BCUT2D eigenvalue weighted by molar-refractivity contribution is 0.281. The summed E-state index contributed by atoms with van der Waals surface area (Å²) >= 11 is 6.30. The predicted octanol–water partition coefficient (Wildman–Crippen LogP) is 7.55. The second-order valence-corrected chi connectivity index (χ2v) is 15.0. The molecule has 40 heavy (non-hydrogen) atoms. The fraction of sp³-hybridized carbons (Fsp3) is 0.667. The number of H-pyrrole nitrogens is 1. The van der Waals surface area contributed by atoms with Crippen LogP contribution in [0.3, 0.4) is 0 Å². The van der Waals surface area contributed by atoms with Gasteiger partial charge in [0.05, 0.1) is 12.3 Å². The van der Waals surface area contributed by atoms with E-state index in [1.54, 1.807) is 6.07 Å². The Kier molecular flexibility index (Phi) is 10.7. The van der Waals surface area contributed by atoms with Gasteiger partial charge in [-0.3, -0.25) is 5.10 Å². The molecule has 2 heterocycles. The van der Waals surface area contributed by atoms with E-state index in [9.17, 15) is 8.42 Å². The number of benzene rings is 1. The van der Waals surface area contributed by atoms with Gasteiger partial charge < -0.3 is 4.74 Å². The van der Waals surface area contributed by atoms with Crippen LogP contribution in [0.25, 0.3) is 5.65 Å². The van der Waals surface area contributed by atoms with Crippen molar-refractivity contribution in [3.63, 3.8) is 0 Å². The number of sulfonamides is 1. The first-order valence-corrected chi connectivity index (χ1v) is 16.4. The Morgan fingerprint density at radius 1 is 1.10 bits per heavy atom. The van der Waals surface area contributed by atoms with Crippen LogP contribution in [0, 0.1) is 12.3 Å². The molecule has 0 bridgehead atoms. The number of aryl methyl sites for hydroxylation is 1. The van der Waals surface area contributed by atoms with Crippen molar-refractivity contribution in [2.75, 3.05) is 13.2 Å². The lowest BCUT2D eigenvalue weighted by Crippen LogP contribution is -2.30. The second kappa shape index (κ2) is 13.3. The average Bonchev–Trinajstić information content (AvgIpc) is 3.39. The Labute approximate surface area is 245 Å². The zero-order valence-corrected chi connectivity index (χ0v) is 27.1. The second-order valence-electron chi connectivity index (χ2n) is 12.9. The molecule has 1 aromatic carbocycles. The van der Waals surface area contributed by atoms with E-state index in [0.29, 0.717) is 28.9 Å². The number of unbranched alkanes of at least 4 members (excludes halogenated alkanes) is 5. The molecule has 0 saturated heterocycles. The molecular formula is C30H48ClN5O3S. The van der Waals surface area contributed by atoms with Crippen molar-refractivity contribution >= 4 is 27.3 Å². The van der Waals surface area contributed by atoms with E-state index in [0.717, 1.165) is 30.5 Å². The summed E-state index contributed by atoms with van der Waals surface area (Å²) < 4.78 is 37.8. The van der Waals surface area contributed by atoms with Gasteiger partial charge in [0.1, 0.15) is 15.7 Å². The highest BCUT2D eigenvalue weighted by Gasteiger charge is 2.30. The van der Waals surface area contributed by atoms with E-state index in [1.165, 1.54) is 30.3 Å². The van der Waals surface area contributed by atoms with Gasteiger partial charge >= 0.3 is 0 Å². The Bertz CT molecular complexity index is 1370. The molecule has 0 saturated carbocycles. The fourth-order valence-electron chi connectivity index (χ4n) is 5.29. The molecule has 2 N–H and O–H groups in total. The molecule has 2 aromatic heterocycles. The first kappa shape index (κ1) is 32.4. The number of ether oxygens (including phenoxy) is 1. The van der Waals surface area contributed by atoms with Crippen LogP contribution >= 0.6 is 11.6 Å². The largest absolute Gasteiger partial charge is 0.492 e. The van der Waals surface area contributed by atoms with Crippen LogP contribution in [-0.4, -0.2) is 41.4 Å². The maximum Gasteiger partial charge on any atom is 0.244 e. The number of nitrogens with one attached hydrogen (secondary N) is 2. The summed E-state index contributed by atoms with van der Waals surface area (Å²) in [6, 6.07) is 5.61. The molecule has 3 aromatic rings. The molecule has 0 aliphatic rings. The number of hydrogen-bond acceptors (Lipinski definition) is 5. The van der Waals surface area contributed by atoms with Gasteiger partial charge in [-0.2, -0.15) is 4.63 Å². The Morgan fingerprint density at radius 2 is 1.77 bits per heavy atom. The summed E-state index contributed by atoms with van der Waals surface area (Å²) in [5, 5.41) is 7.99.